The van der Waals surface area contributed by atoms with Crippen molar-refractivity contribution in [3.63, 3.8) is 0 Å². The molecule has 3 heterocycles. The van der Waals surface area contributed by atoms with Crippen molar-refractivity contribution in [1.82, 2.24) is 20.3 Å². The summed E-state index contributed by atoms with van der Waals surface area (Å²) in [7, 11) is 1.61. The quantitative estimate of drug-likeness (QED) is 0.593. The summed E-state index contributed by atoms with van der Waals surface area (Å²) in [6.45, 7) is 6.41. The Bertz CT molecular complexity index is 741. The highest BCUT2D eigenvalue weighted by molar-refractivity contribution is 5.89. The van der Waals surface area contributed by atoms with E-state index in [4.69, 9.17) is 9.47 Å². The van der Waals surface area contributed by atoms with Crippen molar-refractivity contribution in [1.29, 1.82) is 0 Å². The number of carbonyl (C=O) groups excluding carboxylic acids is 1. The molecule has 9 heteroatoms. The van der Waals surface area contributed by atoms with Crippen molar-refractivity contribution in [2.75, 3.05) is 63.3 Å². The maximum Gasteiger partial charge on any atom is 0.229 e. The summed E-state index contributed by atoms with van der Waals surface area (Å²) in [5.41, 5.74) is 1.82. The molecule has 9 nitrogen and oxygen atoms in total. The summed E-state index contributed by atoms with van der Waals surface area (Å²) in [6.07, 6.45) is 0.367. The van der Waals surface area contributed by atoms with Crippen LogP contribution in [0.25, 0.3) is 11.0 Å². The van der Waals surface area contributed by atoms with E-state index >= 15 is 0 Å². The zero-order valence-corrected chi connectivity index (χ0v) is 15.3. The molecule has 2 aromatic heterocycles. The van der Waals surface area contributed by atoms with Gasteiger partial charge >= 0.3 is 0 Å². The van der Waals surface area contributed by atoms with E-state index in [9.17, 15) is 4.79 Å². The largest absolute Gasteiger partial charge is 0.383 e. The number of H-pyrrole nitrogens is 1. The van der Waals surface area contributed by atoms with Crippen LogP contribution >= 0.6 is 0 Å². The number of nitrogens with one attached hydrogen (secondary N) is 3. The second-order valence-corrected chi connectivity index (χ2v) is 6.21. The lowest BCUT2D eigenvalue weighted by atomic mass is 10.3. The lowest BCUT2D eigenvalue weighted by Gasteiger charge is -2.27. The number of anilines is 2. The number of fused-ring (bicyclic) bond motifs is 1. The van der Waals surface area contributed by atoms with E-state index in [0.717, 1.165) is 35.6 Å². The maximum atomic E-state index is 11.8. The van der Waals surface area contributed by atoms with Gasteiger partial charge in [-0.25, -0.2) is 0 Å². The molecule has 0 aliphatic carbocycles. The standard InChI is InChI=1S/C17H26N6O3/c1-12-11-13-15(19-4-3-14(24)18-5-8-25-2)21-17(22-16(13)20-12)23-6-9-26-10-7-23/h11H,3-10H2,1-2H3,(H,18,24)(H2,19,20,21,22). The Labute approximate surface area is 152 Å². The SMILES string of the molecule is COCCNC(=O)CCNc1nc(N2CCOCC2)nc2[nH]c(C)cc12. The highest BCUT2D eigenvalue weighted by Crippen LogP contribution is 2.24. The van der Waals surface area contributed by atoms with Crippen molar-refractivity contribution >= 4 is 28.7 Å². The lowest BCUT2D eigenvalue weighted by Crippen LogP contribution is -2.37. The van der Waals surface area contributed by atoms with E-state index in [2.05, 4.69) is 30.5 Å². The number of ether oxygens (including phenoxy) is 2. The molecule has 0 radical (unpaired) electrons. The summed E-state index contributed by atoms with van der Waals surface area (Å²) < 4.78 is 10.3. The van der Waals surface area contributed by atoms with Crippen molar-refractivity contribution in [2.24, 2.45) is 0 Å². The van der Waals surface area contributed by atoms with Crippen LogP contribution in [0.15, 0.2) is 6.07 Å². The van der Waals surface area contributed by atoms with E-state index in [-0.39, 0.29) is 5.91 Å². The van der Waals surface area contributed by atoms with Gasteiger partial charge < -0.3 is 30.0 Å². The lowest BCUT2D eigenvalue weighted by molar-refractivity contribution is -0.121. The van der Waals surface area contributed by atoms with Crippen molar-refractivity contribution < 1.29 is 14.3 Å². The topological polar surface area (TPSA) is 104 Å². The average molecular weight is 362 g/mol. The van der Waals surface area contributed by atoms with Crippen LogP contribution in [-0.2, 0) is 14.3 Å². The normalized spacial score (nSPS) is 14.6. The first-order chi connectivity index (χ1) is 12.7. The van der Waals surface area contributed by atoms with E-state index in [1.54, 1.807) is 7.11 Å². The summed E-state index contributed by atoms with van der Waals surface area (Å²) >= 11 is 0. The van der Waals surface area contributed by atoms with Crippen LogP contribution in [-0.4, -0.2) is 74.0 Å². The number of amides is 1. The Kier molecular flexibility index (Phi) is 6.24. The number of aryl methyl sites for hydroxylation is 1. The van der Waals surface area contributed by atoms with Gasteiger partial charge in [-0.15, -0.1) is 0 Å². The average Bonchev–Trinajstić information content (AvgIpc) is 3.03. The van der Waals surface area contributed by atoms with Gasteiger partial charge in [0.1, 0.15) is 11.5 Å². The molecule has 0 aromatic carbocycles. The van der Waals surface area contributed by atoms with Crippen LogP contribution in [0.4, 0.5) is 11.8 Å². The van der Waals surface area contributed by atoms with Crippen LogP contribution in [0.3, 0.4) is 0 Å². The van der Waals surface area contributed by atoms with Gasteiger partial charge in [0.15, 0.2) is 0 Å². The highest BCUT2D eigenvalue weighted by atomic mass is 16.5. The number of rotatable bonds is 8. The molecule has 26 heavy (non-hydrogen) atoms. The second kappa shape index (κ2) is 8.81. The van der Waals surface area contributed by atoms with E-state index in [1.807, 2.05) is 13.0 Å². The number of hydrogen-bond acceptors (Lipinski definition) is 7. The first kappa shape index (κ1) is 18.4. The van der Waals surface area contributed by atoms with Gasteiger partial charge in [0.2, 0.25) is 11.9 Å². The third-order valence-electron chi connectivity index (χ3n) is 4.18. The molecule has 1 saturated heterocycles. The smallest absolute Gasteiger partial charge is 0.229 e. The van der Waals surface area contributed by atoms with Gasteiger partial charge in [0, 0.05) is 45.4 Å². The Hall–Kier alpha value is -2.39. The zero-order chi connectivity index (χ0) is 18.4. The molecule has 1 aliphatic heterocycles. The number of morpholine rings is 1. The molecule has 3 rings (SSSR count). The molecule has 142 valence electrons. The number of methoxy groups -OCH3 is 1. The Morgan fingerprint density at radius 1 is 1.35 bits per heavy atom. The molecule has 0 atom stereocenters. The number of aromatic nitrogens is 3. The van der Waals surface area contributed by atoms with Gasteiger partial charge in [-0.3, -0.25) is 4.79 Å². The van der Waals surface area contributed by atoms with Crippen LogP contribution in [0.5, 0.6) is 0 Å². The number of carbonyl (C=O) groups is 1. The molecular weight excluding hydrogens is 336 g/mol. The van der Waals surface area contributed by atoms with Gasteiger partial charge in [-0.2, -0.15) is 9.97 Å². The van der Waals surface area contributed by atoms with Crippen LogP contribution in [0.1, 0.15) is 12.1 Å². The summed E-state index contributed by atoms with van der Waals surface area (Å²) in [4.78, 5) is 26.5. The Balaban J connectivity index is 1.68. The number of nitrogens with zero attached hydrogens (tertiary/aromatic N) is 3. The Morgan fingerprint density at radius 3 is 2.92 bits per heavy atom. The predicted octanol–water partition coefficient (Wildman–Crippen LogP) is 0.668. The fraction of sp³-hybridized carbons (Fsp3) is 0.588. The number of hydrogen-bond donors (Lipinski definition) is 3. The van der Waals surface area contributed by atoms with Crippen molar-refractivity contribution in [3.8, 4) is 0 Å². The first-order valence-corrected chi connectivity index (χ1v) is 8.87. The van der Waals surface area contributed by atoms with Gasteiger partial charge in [-0.05, 0) is 13.0 Å². The van der Waals surface area contributed by atoms with Crippen LogP contribution in [0, 0.1) is 6.92 Å². The minimum absolute atomic E-state index is 0.0153. The van der Waals surface area contributed by atoms with Crippen LogP contribution < -0.4 is 15.5 Å². The molecule has 0 bridgehead atoms. The highest BCUT2D eigenvalue weighted by Gasteiger charge is 2.17. The maximum absolute atomic E-state index is 11.8. The number of aromatic amines is 1. The molecule has 1 fully saturated rings. The fourth-order valence-electron chi connectivity index (χ4n) is 2.84. The molecule has 0 saturated carbocycles. The van der Waals surface area contributed by atoms with Crippen molar-refractivity contribution in [3.05, 3.63) is 11.8 Å². The summed E-state index contributed by atoms with van der Waals surface area (Å²) in [5, 5.41) is 7.02. The first-order valence-electron chi connectivity index (χ1n) is 8.87. The molecular formula is C17H26N6O3. The molecule has 1 aliphatic rings. The predicted molar refractivity (Wildman–Crippen MR) is 99.7 cm³/mol. The Morgan fingerprint density at radius 2 is 2.15 bits per heavy atom. The van der Waals surface area contributed by atoms with Gasteiger partial charge in [0.25, 0.3) is 0 Å². The van der Waals surface area contributed by atoms with Crippen molar-refractivity contribution in [2.45, 2.75) is 13.3 Å². The monoisotopic (exact) mass is 362 g/mol. The molecule has 0 unspecified atom stereocenters. The van der Waals surface area contributed by atoms with Gasteiger partial charge in [-0.1, -0.05) is 0 Å². The summed E-state index contributed by atoms with van der Waals surface area (Å²) in [5.74, 6) is 1.40. The minimum atomic E-state index is -0.0153. The van der Waals surface area contributed by atoms with Crippen LogP contribution in [0.2, 0.25) is 0 Å². The molecule has 0 spiro atoms. The molecule has 2 aromatic rings. The second-order valence-electron chi connectivity index (χ2n) is 6.21. The van der Waals surface area contributed by atoms with E-state index in [0.29, 0.717) is 45.3 Å². The van der Waals surface area contributed by atoms with E-state index in [1.165, 1.54) is 0 Å². The minimum Gasteiger partial charge on any atom is -0.383 e. The third kappa shape index (κ3) is 4.61. The third-order valence-corrected chi connectivity index (χ3v) is 4.18. The molecule has 1 amide bonds. The van der Waals surface area contributed by atoms with Gasteiger partial charge in [0.05, 0.1) is 25.2 Å². The molecule has 3 N–H and O–H groups in total. The van der Waals surface area contributed by atoms with E-state index < -0.39 is 0 Å². The summed E-state index contributed by atoms with van der Waals surface area (Å²) in [6, 6.07) is 2.01. The fourth-order valence-corrected chi connectivity index (χ4v) is 2.84. The zero-order valence-electron chi connectivity index (χ0n) is 15.3.